The van der Waals surface area contributed by atoms with Gasteiger partial charge in [-0.15, -0.1) is 0 Å². The second kappa shape index (κ2) is 67.3. The van der Waals surface area contributed by atoms with Gasteiger partial charge in [0.15, 0.2) is 0 Å². The van der Waals surface area contributed by atoms with E-state index >= 15 is 0 Å². The largest absolute Gasteiger partial charge is 0.481 e. The normalized spacial score (nSPS) is 13.1. The molecule has 0 radical (unpaired) electrons. The van der Waals surface area contributed by atoms with Crippen LogP contribution in [0, 0.1) is 29.6 Å². The van der Waals surface area contributed by atoms with Crippen molar-refractivity contribution in [2.24, 2.45) is 29.6 Å². The molecule has 5 heterocycles. The smallest absolute Gasteiger partial charge is 0.306 e. The highest BCUT2D eigenvalue weighted by molar-refractivity contribution is 5.70. The summed E-state index contributed by atoms with van der Waals surface area (Å²) in [6, 6.07) is 18.5. The molecule has 0 aliphatic rings. The lowest BCUT2D eigenvalue weighted by Crippen LogP contribution is -2.21. The van der Waals surface area contributed by atoms with E-state index < -0.39 is 66.2 Å². The van der Waals surface area contributed by atoms with Gasteiger partial charge in [-0.25, -0.2) is 0 Å². The fourth-order valence-corrected chi connectivity index (χ4v) is 12.5. The number of aryl methyl sites for hydroxylation is 8. The van der Waals surface area contributed by atoms with Crippen LogP contribution in [0.2, 0.25) is 0 Å². The zero-order chi connectivity index (χ0) is 90.0. The number of ether oxygens (including phenoxy) is 8. The van der Waals surface area contributed by atoms with E-state index in [2.05, 4.69) is 21.1 Å². The second-order valence-electron chi connectivity index (χ2n) is 29.1. The van der Waals surface area contributed by atoms with Crippen molar-refractivity contribution in [1.82, 2.24) is 0 Å². The minimum Gasteiger partial charge on any atom is -0.481 e. The van der Waals surface area contributed by atoms with Gasteiger partial charge in [0.25, 0.3) is 51.8 Å². The molecule has 0 aromatic carbocycles. The highest BCUT2D eigenvalue weighted by Gasteiger charge is 2.23. The molecule has 121 heavy (non-hydrogen) atoms. The van der Waals surface area contributed by atoms with Crippen LogP contribution in [0.15, 0.2) is 82.7 Å². The average molecular weight is 1720 g/mol. The number of furan rings is 5. The van der Waals surface area contributed by atoms with Gasteiger partial charge in [0.2, 0.25) is 0 Å². The number of aliphatic carboxylic acids is 7. The van der Waals surface area contributed by atoms with Gasteiger partial charge in [-0.3, -0.25) is 71.9 Å². The molecule has 10 atom stereocenters. The summed E-state index contributed by atoms with van der Waals surface area (Å²) in [5.74, 6) is 1.70. The third-order valence-electron chi connectivity index (χ3n) is 19.0. The standard InChI is InChI=1S/C20H30O7.2C18H26O7.C16H22O7.C14H18O7/c1-15(8-12-19(22)23)4-2-6-17-9-10-18(27-17)7-3-5-16(26-14-21)11-13-20(24)25;1-14(10-18(21)22)4-2-5-15-8-9-16(25-15)6-3-7-17(24-13-20)11-23-12-19;1-2-3-13(18(22)23)4-5-15-8-9-16(25-15)7-6-14(24-12-19)10-11-17(20)21;1-2-12(16(19)20)3-4-13-5-6-14(23-13)7-8-15(22-11-18)9-21-10-17;1-10(5-14(17)18)4-11-2-3-12(21-11)6-13(20-9-16)7-19-8-15/h9-10,14-16H,2-8,11-13H2,1H3,(H,22,23)(H,24,25);8-9,12-14,17H,2-7,10-11H2,1H3,(H,21,22);8-9,12-14H,2-7,10-11H2,1H3,(H,20,21)(H,22,23);5-6,10-12,15H,2-4,7-9H2,1H3,(H,19,20);2-3,8-10,13H,4-7H2,1H3,(H,17,18). The van der Waals surface area contributed by atoms with E-state index in [1.807, 2.05) is 76.2 Å². The fourth-order valence-electron chi connectivity index (χ4n) is 12.5. The highest BCUT2D eigenvalue weighted by atomic mass is 16.6. The molecule has 0 saturated heterocycles. The van der Waals surface area contributed by atoms with E-state index in [1.165, 1.54) is 0 Å². The Kier molecular flexibility index (Phi) is 59.7. The Balaban J connectivity index is 0.000000758. The molecule has 0 saturated carbocycles. The van der Waals surface area contributed by atoms with Gasteiger partial charge in [0.1, 0.15) is 108 Å². The number of hydrogen-bond acceptors (Lipinski definition) is 28. The van der Waals surface area contributed by atoms with Gasteiger partial charge in [-0.05, 0) is 181 Å². The molecule has 0 fully saturated rings. The lowest BCUT2D eigenvalue weighted by atomic mass is 9.97. The molecule has 35 nitrogen and oxygen atoms in total. The number of rotatable bonds is 69. The van der Waals surface area contributed by atoms with Crippen LogP contribution in [0.5, 0.6) is 0 Å². The number of carbonyl (C=O) groups is 15. The third kappa shape index (κ3) is 55.8. The Bertz CT molecular complexity index is 3700. The minimum atomic E-state index is -0.931. The monoisotopic (exact) mass is 1710 g/mol. The maximum atomic E-state index is 11.1. The molecule has 5 rings (SSSR count). The van der Waals surface area contributed by atoms with Gasteiger partial charge < -0.3 is 95.7 Å². The topological polar surface area (TPSA) is 537 Å². The van der Waals surface area contributed by atoms with Crippen LogP contribution in [-0.4, -0.2) is 180 Å². The van der Waals surface area contributed by atoms with E-state index in [-0.39, 0.29) is 107 Å². The Labute approximate surface area is 703 Å². The van der Waals surface area contributed by atoms with E-state index in [4.69, 9.17) is 81.5 Å². The van der Waals surface area contributed by atoms with Crippen molar-refractivity contribution < 1.29 is 168 Å². The van der Waals surface area contributed by atoms with Crippen molar-refractivity contribution in [2.45, 2.75) is 277 Å². The van der Waals surface area contributed by atoms with Gasteiger partial charge in [-0.2, -0.15) is 0 Å². The highest BCUT2D eigenvalue weighted by Crippen LogP contribution is 2.25. The Morgan fingerprint density at radius 1 is 0.298 bits per heavy atom. The molecule has 5 aromatic heterocycles. The first-order valence-electron chi connectivity index (χ1n) is 40.6. The average Bonchev–Trinajstić information content (AvgIpc) is 1.78. The predicted octanol–water partition coefficient (Wildman–Crippen LogP) is 12.8. The molecule has 35 heteroatoms. The van der Waals surface area contributed by atoms with Crippen LogP contribution in [-0.2, 0) is 174 Å². The van der Waals surface area contributed by atoms with Crippen LogP contribution in [0.4, 0.5) is 0 Å². The van der Waals surface area contributed by atoms with E-state index in [1.54, 1.807) is 12.1 Å². The SMILES string of the molecule is CC(CC(=O)O)Cc1ccc(CC(COC=O)OC=O)o1.CC(CCCc1ccc(CCCC(CCC(=O)O)OC=O)o1)CCC(=O)O.CC(CCCc1ccc(CCCC(COC=O)OC=O)o1)CC(=O)O.CCC(CCc1ccc(CCC(COC=O)OC=O)o1)C(=O)O.CCCC(CCc1ccc(CCC(CCC(=O)O)OC=O)o1)C(=O)O. The Hall–Kier alpha value is -11.5. The predicted molar refractivity (Wildman–Crippen MR) is 427 cm³/mol. The van der Waals surface area contributed by atoms with Gasteiger partial charge in [0, 0.05) is 96.3 Å². The molecule has 0 amide bonds. The number of carbonyl (C=O) groups excluding carboxylic acids is 8. The van der Waals surface area contributed by atoms with Crippen LogP contribution in [0.25, 0.3) is 0 Å². The maximum absolute atomic E-state index is 11.1. The van der Waals surface area contributed by atoms with E-state index in [0.29, 0.717) is 177 Å². The minimum absolute atomic E-state index is 0.00654. The van der Waals surface area contributed by atoms with Crippen LogP contribution in [0.1, 0.15) is 240 Å². The molecular formula is C86H122O35. The van der Waals surface area contributed by atoms with Gasteiger partial charge in [-0.1, -0.05) is 47.5 Å². The first-order chi connectivity index (χ1) is 58.0. The lowest BCUT2D eigenvalue weighted by Gasteiger charge is -2.13. The summed E-state index contributed by atoms with van der Waals surface area (Å²) in [5, 5.41) is 61.7. The maximum Gasteiger partial charge on any atom is 0.306 e. The van der Waals surface area contributed by atoms with E-state index in [0.717, 1.165) is 92.3 Å². The first-order valence-corrected chi connectivity index (χ1v) is 40.6. The summed E-state index contributed by atoms with van der Waals surface area (Å²) in [5.41, 5.74) is 0. The molecule has 7 N–H and O–H groups in total. The molecule has 0 aliphatic heterocycles. The summed E-state index contributed by atoms with van der Waals surface area (Å²) in [4.78, 5) is 158. The quantitative estimate of drug-likeness (QED) is 0.0140. The Morgan fingerprint density at radius 2 is 0.595 bits per heavy atom. The van der Waals surface area contributed by atoms with Crippen LogP contribution >= 0.6 is 0 Å². The molecular weight excluding hydrogens is 1590 g/mol. The summed E-state index contributed by atoms with van der Waals surface area (Å²) >= 11 is 0. The lowest BCUT2D eigenvalue weighted by molar-refractivity contribution is -0.143. The van der Waals surface area contributed by atoms with E-state index in [9.17, 15) is 71.9 Å². The number of carboxylic acid groups (broad SMARTS) is 7. The fraction of sp³-hybridized carbons (Fsp3) is 0.593. The second-order valence-corrected chi connectivity index (χ2v) is 29.1. The summed E-state index contributed by atoms with van der Waals surface area (Å²) in [6.45, 7) is 12.2. The molecule has 0 aliphatic carbocycles. The molecule has 5 aromatic rings. The van der Waals surface area contributed by atoms with Crippen LogP contribution < -0.4 is 0 Å². The van der Waals surface area contributed by atoms with Crippen molar-refractivity contribution in [1.29, 1.82) is 0 Å². The molecule has 10 unspecified atom stereocenters. The molecule has 0 bridgehead atoms. The summed E-state index contributed by atoms with van der Waals surface area (Å²) < 4.78 is 66.5. The van der Waals surface area contributed by atoms with Gasteiger partial charge >= 0.3 is 41.8 Å². The van der Waals surface area contributed by atoms with Crippen molar-refractivity contribution >= 4 is 93.6 Å². The summed E-state index contributed by atoms with van der Waals surface area (Å²) in [7, 11) is 0. The zero-order valence-corrected chi connectivity index (χ0v) is 69.7. The number of carboxylic acids is 7. The Morgan fingerprint density at radius 3 is 0.975 bits per heavy atom. The summed E-state index contributed by atoms with van der Waals surface area (Å²) in [6.07, 6.45) is 15.7. The number of hydrogen-bond donors (Lipinski definition) is 7. The third-order valence-corrected chi connectivity index (χ3v) is 19.0. The van der Waals surface area contributed by atoms with Gasteiger partial charge in [0.05, 0.1) is 11.8 Å². The van der Waals surface area contributed by atoms with Crippen molar-refractivity contribution in [3.63, 3.8) is 0 Å². The van der Waals surface area contributed by atoms with Crippen LogP contribution in [0.3, 0.4) is 0 Å². The zero-order valence-electron chi connectivity index (χ0n) is 69.7. The molecule has 0 spiro atoms. The molecule has 676 valence electrons. The van der Waals surface area contributed by atoms with Crippen molar-refractivity contribution in [3.05, 3.63) is 118 Å². The first kappa shape index (κ1) is 107. The van der Waals surface area contributed by atoms with Crippen molar-refractivity contribution in [2.75, 3.05) is 19.8 Å². The van der Waals surface area contributed by atoms with Crippen molar-refractivity contribution in [3.8, 4) is 0 Å².